The fraction of sp³-hybridized carbons (Fsp3) is 0.333. The molecule has 4 heterocycles. The molecule has 0 aliphatic carbocycles. The summed E-state index contributed by atoms with van der Waals surface area (Å²) < 4.78 is 12.4. The zero-order chi connectivity index (χ0) is 13.5. The normalized spacial score (nSPS) is 15.4. The van der Waals surface area contributed by atoms with Crippen molar-refractivity contribution in [2.75, 3.05) is 13.1 Å². The molecule has 0 atom stereocenters. The van der Waals surface area contributed by atoms with Crippen LogP contribution in [0.15, 0.2) is 27.5 Å². The van der Waals surface area contributed by atoms with Crippen LogP contribution in [-0.2, 0) is 0 Å². The van der Waals surface area contributed by atoms with Gasteiger partial charge in [0.2, 0.25) is 5.82 Å². The molecule has 8 nitrogen and oxygen atoms in total. The van der Waals surface area contributed by atoms with Crippen molar-refractivity contribution >= 4 is 0 Å². The second kappa shape index (κ2) is 4.27. The Hall–Kier alpha value is -2.48. The Bertz CT molecular complexity index is 739. The van der Waals surface area contributed by atoms with E-state index in [2.05, 4.69) is 25.8 Å². The van der Waals surface area contributed by atoms with Crippen LogP contribution in [0.5, 0.6) is 0 Å². The summed E-state index contributed by atoms with van der Waals surface area (Å²) in [6.07, 6.45) is 3.42. The molecule has 0 radical (unpaired) electrons. The third kappa shape index (κ3) is 1.73. The van der Waals surface area contributed by atoms with Gasteiger partial charge in [-0.05, 0) is 18.6 Å². The predicted molar refractivity (Wildman–Crippen MR) is 67.7 cm³/mol. The Balaban J connectivity index is 1.64. The number of hydrogen-bond donors (Lipinski definition) is 1. The molecular formula is C12H12N6O2. The van der Waals surface area contributed by atoms with E-state index in [-0.39, 0.29) is 0 Å². The standard InChI is InChI=1S/C12H12N6O2/c1-7-2-3-19-10(7)11-14-12(20-16-11)9-6-18(17-15-9)8-4-13-5-8/h2-3,6,8,13H,4-5H2,1H3. The average molecular weight is 272 g/mol. The predicted octanol–water partition coefficient (Wildman–Crippen LogP) is 1.04. The summed E-state index contributed by atoms with van der Waals surface area (Å²) in [5.41, 5.74) is 1.53. The van der Waals surface area contributed by atoms with Crippen molar-refractivity contribution in [3.05, 3.63) is 24.1 Å². The first-order valence-corrected chi connectivity index (χ1v) is 6.32. The lowest BCUT2D eigenvalue weighted by atomic mass is 10.2. The molecular weight excluding hydrogens is 260 g/mol. The van der Waals surface area contributed by atoms with Crippen LogP contribution >= 0.6 is 0 Å². The molecule has 4 rings (SSSR count). The molecule has 0 amide bonds. The first kappa shape index (κ1) is 11.4. The molecule has 0 bridgehead atoms. The van der Waals surface area contributed by atoms with Gasteiger partial charge in [-0.15, -0.1) is 5.10 Å². The maximum absolute atomic E-state index is 5.33. The fourth-order valence-electron chi connectivity index (χ4n) is 2.04. The van der Waals surface area contributed by atoms with E-state index in [9.17, 15) is 0 Å². The molecule has 20 heavy (non-hydrogen) atoms. The van der Waals surface area contributed by atoms with Gasteiger partial charge in [0, 0.05) is 13.1 Å². The van der Waals surface area contributed by atoms with E-state index in [1.807, 2.05) is 23.9 Å². The minimum Gasteiger partial charge on any atom is -0.461 e. The molecule has 1 aliphatic rings. The van der Waals surface area contributed by atoms with Gasteiger partial charge in [-0.25, -0.2) is 4.68 Å². The van der Waals surface area contributed by atoms with E-state index in [0.717, 1.165) is 18.7 Å². The molecule has 0 unspecified atom stereocenters. The van der Waals surface area contributed by atoms with Crippen molar-refractivity contribution in [2.24, 2.45) is 0 Å². The lowest BCUT2D eigenvalue weighted by molar-refractivity contribution is 0.313. The molecule has 1 N–H and O–H groups in total. The number of aromatic nitrogens is 5. The molecule has 102 valence electrons. The Kier molecular flexibility index (Phi) is 2.43. The summed E-state index contributed by atoms with van der Waals surface area (Å²) in [4.78, 5) is 4.30. The van der Waals surface area contributed by atoms with E-state index >= 15 is 0 Å². The fourth-order valence-corrected chi connectivity index (χ4v) is 2.04. The molecule has 3 aromatic heterocycles. The Morgan fingerprint density at radius 2 is 2.30 bits per heavy atom. The van der Waals surface area contributed by atoms with Gasteiger partial charge in [0.05, 0.1) is 18.5 Å². The lowest BCUT2D eigenvalue weighted by Crippen LogP contribution is -2.43. The van der Waals surface area contributed by atoms with Crippen molar-refractivity contribution in [2.45, 2.75) is 13.0 Å². The highest BCUT2D eigenvalue weighted by Crippen LogP contribution is 2.24. The zero-order valence-corrected chi connectivity index (χ0v) is 10.8. The Morgan fingerprint density at radius 1 is 1.40 bits per heavy atom. The highest BCUT2D eigenvalue weighted by molar-refractivity contribution is 5.55. The summed E-state index contributed by atoms with van der Waals surface area (Å²) in [5, 5.41) is 15.2. The molecule has 1 saturated heterocycles. The van der Waals surface area contributed by atoms with Crippen LogP contribution in [0.25, 0.3) is 23.2 Å². The second-order valence-electron chi connectivity index (χ2n) is 4.75. The van der Waals surface area contributed by atoms with Gasteiger partial charge < -0.3 is 14.3 Å². The number of furan rings is 1. The van der Waals surface area contributed by atoms with Crippen LogP contribution in [0.3, 0.4) is 0 Å². The van der Waals surface area contributed by atoms with Crippen molar-refractivity contribution in [3.63, 3.8) is 0 Å². The van der Waals surface area contributed by atoms with Gasteiger partial charge in [0.15, 0.2) is 11.5 Å². The summed E-state index contributed by atoms with van der Waals surface area (Å²) in [6, 6.07) is 2.21. The van der Waals surface area contributed by atoms with Crippen LogP contribution < -0.4 is 5.32 Å². The minimum atomic E-state index is 0.342. The summed E-state index contributed by atoms with van der Waals surface area (Å²) in [5.74, 6) is 1.37. The monoisotopic (exact) mass is 272 g/mol. The first-order valence-electron chi connectivity index (χ1n) is 6.32. The summed E-state index contributed by atoms with van der Waals surface area (Å²) in [6.45, 7) is 3.74. The smallest absolute Gasteiger partial charge is 0.280 e. The SMILES string of the molecule is Cc1ccoc1-c1noc(-c2cn(C3CNC3)nn2)n1. The number of rotatable bonds is 3. The van der Waals surface area contributed by atoms with Crippen molar-refractivity contribution in [1.82, 2.24) is 30.5 Å². The van der Waals surface area contributed by atoms with Gasteiger partial charge in [-0.1, -0.05) is 10.4 Å². The van der Waals surface area contributed by atoms with Gasteiger partial charge in [0.25, 0.3) is 5.89 Å². The van der Waals surface area contributed by atoms with Crippen molar-refractivity contribution in [3.8, 4) is 23.2 Å². The number of nitrogens with zero attached hydrogens (tertiary/aromatic N) is 5. The molecule has 0 spiro atoms. The van der Waals surface area contributed by atoms with E-state index in [1.165, 1.54) is 0 Å². The zero-order valence-electron chi connectivity index (χ0n) is 10.8. The third-order valence-corrected chi connectivity index (χ3v) is 3.35. The van der Waals surface area contributed by atoms with Gasteiger partial charge in [-0.3, -0.25) is 0 Å². The maximum Gasteiger partial charge on any atom is 0.280 e. The highest BCUT2D eigenvalue weighted by atomic mass is 16.5. The molecule has 1 aliphatic heterocycles. The number of nitrogens with one attached hydrogen (secondary N) is 1. The highest BCUT2D eigenvalue weighted by Gasteiger charge is 2.22. The van der Waals surface area contributed by atoms with E-state index < -0.39 is 0 Å². The Labute approximate surface area is 113 Å². The van der Waals surface area contributed by atoms with E-state index in [1.54, 1.807) is 6.26 Å². The van der Waals surface area contributed by atoms with Crippen molar-refractivity contribution in [1.29, 1.82) is 0 Å². The second-order valence-corrected chi connectivity index (χ2v) is 4.75. The van der Waals surface area contributed by atoms with Crippen molar-refractivity contribution < 1.29 is 8.94 Å². The molecule has 3 aromatic rings. The summed E-state index contributed by atoms with van der Waals surface area (Å²) in [7, 11) is 0. The largest absolute Gasteiger partial charge is 0.461 e. The number of aryl methyl sites for hydroxylation is 1. The van der Waals surface area contributed by atoms with Gasteiger partial charge >= 0.3 is 0 Å². The van der Waals surface area contributed by atoms with E-state index in [4.69, 9.17) is 8.94 Å². The van der Waals surface area contributed by atoms with E-state index in [0.29, 0.717) is 29.2 Å². The lowest BCUT2D eigenvalue weighted by Gasteiger charge is -2.26. The quantitative estimate of drug-likeness (QED) is 0.761. The summed E-state index contributed by atoms with van der Waals surface area (Å²) >= 11 is 0. The number of hydrogen-bond acceptors (Lipinski definition) is 7. The first-order chi connectivity index (χ1) is 9.81. The van der Waals surface area contributed by atoms with Gasteiger partial charge in [-0.2, -0.15) is 4.98 Å². The molecule has 0 aromatic carbocycles. The van der Waals surface area contributed by atoms with Crippen LogP contribution in [-0.4, -0.2) is 38.2 Å². The third-order valence-electron chi connectivity index (χ3n) is 3.35. The molecule has 8 heteroatoms. The maximum atomic E-state index is 5.33. The Morgan fingerprint density at radius 3 is 3.00 bits per heavy atom. The van der Waals surface area contributed by atoms with Crippen LogP contribution in [0, 0.1) is 6.92 Å². The molecule has 0 saturated carbocycles. The topological polar surface area (TPSA) is 94.8 Å². The average Bonchev–Trinajstić information content (AvgIpc) is 3.04. The minimum absolute atomic E-state index is 0.342. The van der Waals surface area contributed by atoms with Crippen LogP contribution in [0.4, 0.5) is 0 Å². The van der Waals surface area contributed by atoms with Crippen LogP contribution in [0.2, 0.25) is 0 Å². The van der Waals surface area contributed by atoms with Crippen LogP contribution in [0.1, 0.15) is 11.6 Å². The van der Waals surface area contributed by atoms with Gasteiger partial charge in [0.1, 0.15) is 0 Å². The molecule has 1 fully saturated rings.